The lowest BCUT2D eigenvalue weighted by Gasteiger charge is -2.22. The number of ether oxygens (including phenoxy) is 1. The second-order valence-electron chi connectivity index (χ2n) is 14.4. The number of para-hydroxylation sites is 1. The molecular formula is C45H35N5OS. The first-order chi connectivity index (χ1) is 25.4. The molecule has 0 unspecified atom stereocenters. The minimum Gasteiger partial charge on any atom is -0.457 e. The van der Waals surface area contributed by atoms with Gasteiger partial charge in [0, 0.05) is 61.2 Å². The minimum atomic E-state index is 0.00427. The third kappa shape index (κ3) is 4.92. The molecule has 7 heteroatoms. The Morgan fingerprint density at radius 1 is 0.596 bits per heavy atom. The lowest BCUT2D eigenvalue weighted by Crippen LogP contribution is -2.24. The van der Waals surface area contributed by atoms with E-state index in [4.69, 9.17) is 14.7 Å². The van der Waals surface area contributed by atoms with Gasteiger partial charge in [-0.05, 0) is 83.8 Å². The Bertz CT molecular complexity index is 2830. The number of hydrogen-bond acceptors (Lipinski definition) is 6. The normalized spacial score (nSPS) is 13.1. The summed E-state index contributed by atoms with van der Waals surface area (Å²) >= 11 is 1.84. The van der Waals surface area contributed by atoms with Crippen molar-refractivity contribution < 1.29 is 4.74 Å². The Hall–Kier alpha value is -6.18. The number of thiophene rings is 1. The molecule has 0 N–H and O–H groups in total. The Balaban J connectivity index is 1.02. The fourth-order valence-corrected chi connectivity index (χ4v) is 8.73. The molecule has 0 fully saturated rings. The predicted molar refractivity (Wildman–Crippen MR) is 217 cm³/mol. The van der Waals surface area contributed by atoms with Crippen LogP contribution in [0.3, 0.4) is 0 Å². The highest BCUT2D eigenvalue weighted by Gasteiger charge is 2.31. The zero-order valence-corrected chi connectivity index (χ0v) is 29.9. The van der Waals surface area contributed by atoms with Crippen LogP contribution in [0.4, 0.5) is 22.9 Å². The van der Waals surface area contributed by atoms with Crippen molar-refractivity contribution in [1.29, 1.82) is 0 Å². The van der Waals surface area contributed by atoms with Gasteiger partial charge in [0.05, 0.1) is 22.4 Å². The first-order valence-corrected chi connectivity index (χ1v) is 18.4. The van der Waals surface area contributed by atoms with E-state index in [1.807, 2.05) is 35.9 Å². The molecule has 9 aromatic rings. The zero-order valence-electron chi connectivity index (χ0n) is 29.1. The number of fused-ring (bicyclic) bond motifs is 7. The second kappa shape index (κ2) is 11.7. The van der Waals surface area contributed by atoms with Gasteiger partial charge in [0.25, 0.3) is 0 Å². The SMILES string of the molecule is CC(C)(C)c1ccnc(-n2c3ccccc3c3ccc(Oc4cccc(N5CN(c6cccc7sc8ccccc8c67)c6ncccc65)c4)cc32)c1. The van der Waals surface area contributed by atoms with Gasteiger partial charge < -0.3 is 14.5 Å². The molecule has 252 valence electrons. The van der Waals surface area contributed by atoms with Gasteiger partial charge in [-0.1, -0.05) is 69.3 Å². The quantitative estimate of drug-likeness (QED) is 0.180. The lowest BCUT2D eigenvalue weighted by atomic mass is 9.88. The topological polar surface area (TPSA) is 46.4 Å². The Kier molecular flexibility index (Phi) is 6.88. The van der Waals surface area contributed by atoms with Gasteiger partial charge in [-0.3, -0.25) is 4.57 Å². The molecule has 1 aliphatic rings. The summed E-state index contributed by atoms with van der Waals surface area (Å²) in [6.45, 7) is 7.34. The van der Waals surface area contributed by atoms with Crippen molar-refractivity contribution in [2.24, 2.45) is 0 Å². The number of nitrogens with zero attached hydrogens (tertiary/aromatic N) is 5. The highest BCUT2D eigenvalue weighted by atomic mass is 32.1. The smallest absolute Gasteiger partial charge is 0.158 e. The monoisotopic (exact) mass is 693 g/mol. The number of pyridine rings is 2. The molecule has 5 aromatic carbocycles. The van der Waals surface area contributed by atoms with E-state index in [-0.39, 0.29) is 5.41 Å². The summed E-state index contributed by atoms with van der Waals surface area (Å²) < 4.78 is 11.5. The number of aromatic nitrogens is 3. The highest BCUT2D eigenvalue weighted by Crippen LogP contribution is 2.48. The van der Waals surface area contributed by atoms with Crippen LogP contribution in [0.5, 0.6) is 11.5 Å². The van der Waals surface area contributed by atoms with Gasteiger partial charge in [0.1, 0.15) is 24.0 Å². The molecule has 52 heavy (non-hydrogen) atoms. The van der Waals surface area contributed by atoms with Crippen LogP contribution in [0.15, 0.2) is 146 Å². The van der Waals surface area contributed by atoms with Crippen molar-refractivity contribution in [1.82, 2.24) is 14.5 Å². The van der Waals surface area contributed by atoms with Crippen molar-refractivity contribution in [2.45, 2.75) is 26.2 Å². The van der Waals surface area contributed by atoms with Crippen molar-refractivity contribution in [2.75, 3.05) is 16.5 Å². The fourth-order valence-electron chi connectivity index (χ4n) is 7.60. The van der Waals surface area contributed by atoms with Crippen LogP contribution >= 0.6 is 11.3 Å². The van der Waals surface area contributed by atoms with Crippen molar-refractivity contribution >= 4 is 76.2 Å². The van der Waals surface area contributed by atoms with E-state index in [1.54, 1.807) is 0 Å². The van der Waals surface area contributed by atoms with Crippen molar-refractivity contribution in [3.8, 4) is 17.3 Å². The average molecular weight is 694 g/mol. The van der Waals surface area contributed by atoms with E-state index in [9.17, 15) is 0 Å². The van der Waals surface area contributed by atoms with Crippen LogP contribution in [0.2, 0.25) is 0 Å². The Labute approximate surface area is 305 Å². The summed E-state index contributed by atoms with van der Waals surface area (Å²) in [6, 6.07) is 47.0. The van der Waals surface area contributed by atoms with E-state index in [1.165, 1.54) is 31.1 Å². The number of anilines is 4. The van der Waals surface area contributed by atoms with Crippen LogP contribution in [-0.4, -0.2) is 21.2 Å². The van der Waals surface area contributed by atoms with Gasteiger partial charge in [-0.2, -0.15) is 0 Å². The molecule has 10 rings (SSSR count). The first-order valence-electron chi connectivity index (χ1n) is 17.6. The molecule has 0 atom stereocenters. The van der Waals surface area contributed by atoms with Crippen LogP contribution in [-0.2, 0) is 5.41 Å². The summed E-state index contributed by atoms with van der Waals surface area (Å²) in [7, 11) is 0. The molecule has 0 saturated heterocycles. The first kappa shape index (κ1) is 30.6. The summed E-state index contributed by atoms with van der Waals surface area (Å²) in [5, 5.41) is 4.89. The molecule has 0 amide bonds. The van der Waals surface area contributed by atoms with E-state index in [0.29, 0.717) is 6.67 Å². The molecule has 0 saturated carbocycles. The van der Waals surface area contributed by atoms with Crippen LogP contribution in [0.25, 0.3) is 47.8 Å². The van der Waals surface area contributed by atoms with E-state index >= 15 is 0 Å². The Morgan fingerprint density at radius 2 is 1.37 bits per heavy atom. The van der Waals surface area contributed by atoms with E-state index in [2.05, 4.69) is 156 Å². The van der Waals surface area contributed by atoms with Crippen molar-refractivity contribution in [3.63, 3.8) is 0 Å². The summed E-state index contributed by atoms with van der Waals surface area (Å²) in [4.78, 5) is 14.4. The van der Waals surface area contributed by atoms with Gasteiger partial charge in [0.15, 0.2) is 5.82 Å². The number of rotatable bonds is 5. The van der Waals surface area contributed by atoms with Gasteiger partial charge in [-0.15, -0.1) is 11.3 Å². The van der Waals surface area contributed by atoms with Crippen LogP contribution < -0.4 is 14.5 Å². The highest BCUT2D eigenvalue weighted by molar-refractivity contribution is 7.26. The minimum absolute atomic E-state index is 0.00427. The molecule has 0 spiro atoms. The summed E-state index contributed by atoms with van der Waals surface area (Å²) in [5.74, 6) is 3.37. The Morgan fingerprint density at radius 3 is 2.27 bits per heavy atom. The summed E-state index contributed by atoms with van der Waals surface area (Å²) in [5.41, 5.74) is 6.68. The molecular weight excluding hydrogens is 659 g/mol. The van der Waals surface area contributed by atoms with E-state index in [0.717, 1.165) is 56.6 Å². The van der Waals surface area contributed by atoms with E-state index < -0.39 is 0 Å². The molecule has 0 bridgehead atoms. The standard InChI is InChI=1S/C45H35N5OS/c1-45(2,3)29-22-24-46-42(25-29)50-36-15-6-4-13-33(36)34-21-20-32(27-39(34)50)51-31-12-8-11-30(26-31)48-28-49(44-38(48)17-10-23-47-44)37-16-9-19-41-43(37)35-14-5-7-18-40(35)52-41/h4-27H,28H2,1-3H3. The lowest BCUT2D eigenvalue weighted by molar-refractivity contribution is 0.483. The van der Waals surface area contributed by atoms with Gasteiger partial charge in [0.2, 0.25) is 0 Å². The number of hydrogen-bond donors (Lipinski definition) is 0. The number of benzene rings is 5. The largest absolute Gasteiger partial charge is 0.457 e. The maximum Gasteiger partial charge on any atom is 0.158 e. The maximum absolute atomic E-state index is 6.66. The molecule has 6 nitrogen and oxygen atoms in total. The predicted octanol–water partition coefficient (Wildman–Crippen LogP) is 12.3. The third-order valence-electron chi connectivity index (χ3n) is 10.1. The average Bonchev–Trinajstić information content (AvgIpc) is 3.84. The summed E-state index contributed by atoms with van der Waals surface area (Å²) in [6.07, 6.45) is 3.80. The van der Waals surface area contributed by atoms with Gasteiger partial charge >= 0.3 is 0 Å². The second-order valence-corrected chi connectivity index (χ2v) is 15.5. The fraction of sp³-hybridized carbons (Fsp3) is 0.111. The molecule has 4 aromatic heterocycles. The molecule has 1 aliphatic heterocycles. The molecule has 5 heterocycles. The van der Waals surface area contributed by atoms with Crippen molar-refractivity contribution in [3.05, 3.63) is 151 Å². The van der Waals surface area contributed by atoms with Crippen LogP contribution in [0.1, 0.15) is 26.3 Å². The third-order valence-corrected chi connectivity index (χ3v) is 11.3. The maximum atomic E-state index is 6.66. The zero-order chi connectivity index (χ0) is 35.0. The van der Waals surface area contributed by atoms with Crippen LogP contribution in [0, 0.1) is 0 Å². The molecule has 0 radical (unpaired) electrons. The molecule has 0 aliphatic carbocycles. The van der Waals surface area contributed by atoms with Gasteiger partial charge in [-0.25, -0.2) is 9.97 Å².